The van der Waals surface area contributed by atoms with Gasteiger partial charge in [0, 0.05) is 18.2 Å². The van der Waals surface area contributed by atoms with Crippen LogP contribution < -0.4 is 9.47 Å². The molecule has 4 nitrogen and oxygen atoms in total. The SMILES string of the molecule is CCCCOc1ccc(OC(=O)c2ccc(-c3ccc(C4CCC(OCCCC)CC4)c(F)c3F)cc2)c(F)c1. The minimum Gasteiger partial charge on any atom is -0.493 e. The number of hydrogen-bond acceptors (Lipinski definition) is 4. The van der Waals surface area contributed by atoms with E-state index in [2.05, 4.69) is 6.92 Å². The van der Waals surface area contributed by atoms with Gasteiger partial charge in [-0.3, -0.25) is 0 Å². The fourth-order valence-corrected chi connectivity index (χ4v) is 4.97. The largest absolute Gasteiger partial charge is 0.493 e. The van der Waals surface area contributed by atoms with E-state index in [-0.39, 0.29) is 28.9 Å². The highest BCUT2D eigenvalue weighted by molar-refractivity contribution is 5.91. The molecule has 0 spiro atoms. The average molecular weight is 555 g/mol. The first kappa shape index (κ1) is 29.7. The summed E-state index contributed by atoms with van der Waals surface area (Å²) in [6, 6.07) is 13.2. The van der Waals surface area contributed by atoms with Crippen molar-refractivity contribution in [3.05, 3.63) is 83.2 Å². The van der Waals surface area contributed by atoms with Crippen molar-refractivity contribution in [3.8, 4) is 22.6 Å². The van der Waals surface area contributed by atoms with Crippen LogP contribution in [-0.2, 0) is 4.74 Å². The molecule has 0 atom stereocenters. The molecule has 0 heterocycles. The molecule has 0 unspecified atom stereocenters. The van der Waals surface area contributed by atoms with Gasteiger partial charge in [-0.15, -0.1) is 0 Å². The second-order valence-corrected chi connectivity index (χ2v) is 10.3. The number of benzene rings is 3. The van der Waals surface area contributed by atoms with Crippen LogP contribution in [0.1, 0.15) is 87.1 Å². The molecule has 1 aliphatic rings. The fourth-order valence-electron chi connectivity index (χ4n) is 4.97. The van der Waals surface area contributed by atoms with Gasteiger partial charge in [0.05, 0.1) is 18.3 Å². The molecule has 0 bridgehead atoms. The van der Waals surface area contributed by atoms with Crippen molar-refractivity contribution in [1.82, 2.24) is 0 Å². The molecule has 214 valence electrons. The van der Waals surface area contributed by atoms with Gasteiger partial charge < -0.3 is 14.2 Å². The molecule has 40 heavy (non-hydrogen) atoms. The molecule has 0 aromatic heterocycles. The first-order valence-corrected chi connectivity index (χ1v) is 14.3. The third-order valence-electron chi connectivity index (χ3n) is 7.38. The van der Waals surface area contributed by atoms with Gasteiger partial charge in [0.15, 0.2) is 23.2 Å². The van der Waals surface area contributed by atoms with Crippen molar-refractivity contribution >= 4 is 5.97 Å². The molecular weight excluding hydrogens is 517 g/mol. The first-order chi connectivity index (χ1) is 19.4. The normalized spacial score (nSPS) is 17.0. The highest BCUT2D eigenvalue weighted by Gasteiger charge is 2.27. The summed E-state index contributed by atoms with van der Waals surface area (Å²) in [5, 5.41) is 0. The monoisotopic (exact) mass is 554 g/mol. The van der Waals surface area contributed by atoms with Crippen molar-refractivity contribution in [3.63, 3.8) is 0 Å². The van der Waals surface area contributed by atoms with Gasteiger partial charge in [0.1, 0.15) is 5.75 Å². The van der Waals surface area contributed by atoms with Crippen LogP contribution in [0.25, 0.3) is 11.1 Å². The highest BCUT2D eigenvalue weighted by atomic mass is 19.2. The van der Waals surface area contributed by atoms with Crippen LogP contribution in [0.2, 0.25) is 0 Å². The summed E-state index contributed by atoms with van der Waals surface area (Å²) in [6.07, 6.45) is 7.33. The van der Waals surface area contributed by atoms with E-state index in [0.29, 0.717) is 23.5 Å². The summed E-state index contributed by atoms with van der Waals surface area (Å²) in [4.78, 5) is 12.6. The van der Waals surface area contributed by atoms with Crippen molar-refractivity contribution in [2.45, 2.75) is 77.2 Å². The van der Waals surface area contributed by atoms with Gasteiger partial charge in [-0.2, -0.15) is 0 Å². The summed E-state index contributed by atoms with van der Waals surface area (Å²) >= 11 is 0. The summed E-state index contributed by atoms with van der Waals surface area (Å²) in [6.45, 7) is 5.38. The molecule has 0 radical (unpaired) electrons. The fraction of sp³-hybridized carbons (Fsp3) is 0.424. The zero-order valence-electron chi connectivity index (χ0n) is 23.2. The van der Waals surface area contributed by atoms with Crippen molar-refractivity contribution in [2.24, 2.45) is 0 Å². The molecule has 1 aliphatic carbocycles. The second kappa shape index (κ2) is 14.4. The lowest BCUT2D eigenvalue weighted by molar-refractivity contribution is 0.0230. The van der Waals surface area contributed by atoms with Crippen LogP contribution in [0.3, 0.4) is 0 Å². The van der Waals surface area contributed by atoms with Gasteiger partial charge in [-0.25, -0.2) is 18.0 Å². The van der Waals surface area contributed by atoms with Gasteiger partial charge in [0.25, 0.3) is 0 Å². The summed E-state index contributed by atoms with van der Waals surface area (Å²) in [5.74, 6) is -3.10. The van der Waals surface area contributed by atoms with Crippen molar-refractivity contribution in [1.29, 1.82) is 0 Å². The van der Waals surface area contributed by atoms with Crippen LogP contribution in [-0.4, -0.2) is 25.3 Å². The number of rotatable bonds is 12. The Hall–Kier alpha value is -3.32. The molecule has 3 aromatic carbocycles. The van der Waals surface area contributed by atoms with E-state index in [1.54, 1.807) is 18.2 Å². The number of esters is 1. The van der Waals surface area contributed by atoms with E-state index in [9.17, 15) is 9.18 Å². The van der Waals surface area contributed by atoms with Gasteiger partial charge >= 0.3 is 5.97 Å². The first-order valence-electron chi connectivity index (χ1n) is 14.3. The van der Waals surface area contributed by atoms with Crippen LogP contribution in [0.5, 0.6) is 11.5 Å². The van der Waals surface area contributed by atoms with Gasteiger partial charge in [-0.05, 0) is 79.8 Å². The number of carbonyl (C=O) groups excluding carboxylic acids is 1. The molecule has 0 saturated heterocycles. The molecule has 3 aromatic rings. The average Bonchev–Trinajstić information content (AvgIpc) is 2.97. The molecule has 0 N–H and O–H groups in total. The molecule has 4 rings (SSSR count). The van der Waals surface area contributed by atoms with Crippen LogP contribution in [0.15, 0.2) is 54.6 Å². The van der Waals surface area contributed by atoms with Crippen molar-refractivity contribution in [2.75, 3.05) is 13.2 Å². The Balaban J connectivity index is 1.38. The lowest BCUT2D eigenvalue weighted by Crippen LogP contribution is -2.22. The second-order valence-electron chi connectivity index (χ2n) is 10.3. The minimum atomic E-state index is -0.905. The Labute approximate surface area is 234 Å². The predicted octanol–water partition coefficient (Wildman–Crippen LogP) is 9.01. The summed E-state index contributed by atoms with van der Waals surface area (Å²) < 4.78 is 61.3. The summed E-state index contributed by atoms with van der Waals surface area (Å²) in [7, 11) is 0. The smallest absolute Gasteiger partial charge is 0.343 e. The highest BCUT2D eigenvalue weighted by Crippen LogP contribution is 2.38. The predicted molar refractivity (Wildman–Crippen MR) is 149 cm³/mol. The lowest BCUT2D eigenvalue weighted by atomic mass is 9.82. The Morgan fingerprint density at radius 2 is 1.52 bits per heavy atom. The standard InChI is InChI=1S/C33H37F3O4/c1-3-5-19-38-25-13-11-23(12-14-25)28-17-16-27(31(35)32(28)36)22-7-9-24(10-8-22)33(37)40-30-18-15-26(21-29(30)34)39-20-6-4-2/h7-10,15-18,21,23,25H,3-6,11-14,19-20H2,1-2H3. The molecule has 1 saturated carbocycles. The zero-order chi connectivity index (χ0) is 28.5. The number of hydrogen-bond donors (Lipinski definition) is 0. The Bertz CT molecular complexity index is 1270. The van der Waals surface area contributed by atoms with Crippen LogP contribution >= 0.6 is 0 Å². The Morgan fingerprint density at radius 3 is 2.20 bits per heavy atom. The van der Waals surface area contributed by atoms with E-state index in [1.807, 2.05) is 6.92 Å². The van der Waals surface area contributed by atoms with Gasteiger partial charge in [-0.1, -0.05) is 51.0 Å². The summed E-state index contributed by atoms with van der Waals surface area (Å²) in [5.41, 5.74) is 1.09. The van der Waals surface area contributed by atoms with E-state index in [0.717, 1.165) is 58.0 Å². The Kier molecular flexibility index (Phi) is 10.6. The number of unbranched alkanes of at least 4 members (excludes halogenated alkanes) is 2. The molecule has 1 fully saturated rings. The van der Waals surface area contributed by atoms with E-state index in [1.165, 1.54) is 36.4 Å². The number of ether oxygens (including phenoxy) is 3. The van der Waals surface area contributed by atoms with Crippen LogP contribution in [0, 0.1) is 17.5 Å². The number of halogens is 3. The minimum absolute atomic E-state index is 0.0379. The molecule has 7 heteroatoms. The maximum atomic E-state index is 15.2. The van der Waals surface area contributed by atoms with Crippen LogP contribution in [0.4, 0.5) is 13.2 Å². The number of carbonyl (C=O) groups is 1. The zero-order valence-corrected chi connectivity index (χ0v) is 23.2. The van der Waals surface area contributed by atoms with E-state index >= 15 is 8.78 Å². The Morgan fingerprint density at radius 1 is 0.825 bits per heavy atom. The topological polar surface area (TPSA) is 44.8 Å². The third kappa shape index (κ3) is 7.45. The lowest BCUT2D eigenvalue weighted by Gasteiger charge is -2.29. The van der Waals surface area contributed by atoms with E-state index in [4.69, 9.17) is 14.2 Å². The molecular formula is C33H37F3O4. The maximum absolute atomic E-state index is 15.2. The van der Waals surface area contributed by atoms with Gasteiger partial charge in [0.2, 0.25) is 0 Å². The maximum Gasteiger partial charge on any atom is 0.343 e. The van der Waals surface area contributed by atoms with Crippen molar-refractivity contribution < 1.29 is 32.2 Å². The molecule has 0 aliphatic heterocycles. The quantitative estimate of drug-likeness (QED) is 0.127. The molecule has 0 amide bonds. The van der Waals surface area contributed by atoms with E-state index < -0.39 is 23.4 Å². The third-order valence-corrected chi connectivity index (χ3v) is 7.38.